The molecule has 0 radical (unpaired) electrons. The monoisotopic (exact) mass is 356 g/mol. The summed E-state index contributed by atoms with van der Waals surface area (Å²) in [6, 6.07) is 16.9. The summed E-state index contributed by atoms with van der Waals surface area (Å²) in [6.45, 7) is 1.18. The SMILES string of the molecule is N#Cc1ccc(OCc2ccc(OCC3CC4C=CC3C4)cc2)cc1C#N. The lowest BCUT2D eigenvalue weighted by atomic mass is 9.95. The van der Waals surface area contributed by atoms with E-state index in [0.29, 0.717) is 35.3 Å². The molecule has 4 rings (SSSR count). The van der Waals surface area contributed by atoms with Gasteiger partial charge in [0, 0.05) is 0 Å². The predicted molar refractivity (Wildman–Crippen MR) is 101 cm³/mol. The number of ether oxygens (including phenoxy) is 2. The first kappa shape index (κ1) is 17.2. The quantitative estimate of drug-likeness (QED) is 0.710. The Labute approximate surface area is 159 Å². The zero-order chi connectivity index (χ0) is 18.6. The second-order valence-electron chi connectivity index (χ2n) is 7.21. The fraction of sp³-hybridized carbons (Fsp3) is 0.304. The second-order valence-corrected chi connectivity index (χ2v) is 7.21. The van der Waals surface area contributed by atoms with E-state index in [1.807, 2.05) is 36.4 Å². The van der Waals surface area contributed by atoms with Gasteiger partial charge in [0.2, 0.25) is 0 Å². The number of hydrogen-bond acceptors (Lipinski definition) is 4. The summed E-state index contributed by atoms with van der Waals surface area (Å²) in [5.74, 6) is 3.58. The van der Waals surface area contributed by atoms with E-state index in [1.165, 1.54) is 12.8 Å². The second kappa shape index (κ2) is 7.56. The van der Waals surface area contributed by atoms with Gasteiger partial charge in [-0.05, 0) is 66.5 Å². The maximum Gasteiger partial charge on any atom is 0.121 e. The summed E-state index contributed by atoms with van der Waals surface area (Å²) in [4.78, 5) is 0. The van der Waals surface area contributed by atoms with Crippen LogP contribution in [0.2, 0.25) is 0 Å². The van der Waals surface area contributed by atoms with Crippen LogP contribution in [0.1, 0.15) is 29.5 Å². The minimum atomic E-state index is 0.328. The summed E-state index contributed by atoms with van der Waals surface area (Å²) in [7, 11) is 0. The standard InChI is InChI=1S/C23H20N2O2/c24-12-19-5-8-23(11-20(19)13-25)26-14-16-2-6-22(7-3-16)27-15-21-10-17-1-4-18(21)9-17/h1-8,11,17-18,21H,9-10,14-15H2. The molecule has 3 unspecified atom stereocenters. The van der Waals surface area contributed by atoms with Crippen LogP contribution in [-0.2, 0) is 6.61 Å². The van der Waals surface area contributed by atoms with Gasteiger partial charge in [-0.3, -0.25) is 0 Å². The molecule has 1 saturated carbocycles. The Morgan fingerprint density at radius 3 is 2.30 bits per heavy atom. The molecule has 0 N–H and O–H groups in total. The van der Waals surface area contributed by atoms with Crippen LogP contribution in [-0.4, -0.2) is 6.61 Å². The smallest absolute Gasteiger partial charge is 0.121 e. The van der Waals surface area contributed by atoms with Gasteiger partial charge in [0.15, 0.2) is 0 Å². The fourth-order valence-electron chi connectivity index (χ4n) is 3.94. The highest BCUT2D eigenvalue weighted by molar-refractivity contribution is 5.49. The summed E-state index contributed by atoms with van der Waals surface area (Å²) < 4.78 is 11.7. The third-order valence-electron chi connectivity index (χ3n) is 5.44. The highest BCUT2D eigenvalue weighted by Crippen LogP contribution is 2.43. The summed E-state index contributed by atoms with van der Waals surface area (Å²) in [5.41, 5.74) is 1.71. The fourth-order valence-corrected chi connectivity index (χ4v) is 3.94. The Balaban J connectivity index is 1.30. The van der Waals surface area contributed by atoms with E-state index in [2.05, 4.69) is 12.2 Å². The van der Waals surface area contributed by atoms with E-state index in [9.17, 15) is 0 Å². The van der Waals surface area contributed by atoms with Crippen LogP contribution in [0.3, 0.4) is 0 Å². The molecule has 2 aliphatic rings. The number of nitriles is 2. The first-order chi connectivity index (χ1) is 13.2. The lowest BCUT2D eigenvalue weighted by molar-refractivity contribution is 0.227. The van der Waals surface area contributed by atoms with Crippen LogP contribution in [0.15, 0.2) is 54.6 Å². The maximum absolute atomic E-state index is 9.08. The molecule has 2 bridgehead atoms. The van der Waals surface area contributed by atoms with Gasteiger partial charge < -0.3 is 9.47 Å². The van der Waals surface area contributed by atoms with Gasteiger partial charge in [0.1, 0.15) is 30.2 Å². The van der Waals surface area contributed by atoms with Crippen molar-refractivity contribution in [2.45, 2.75) is 19.4 Å². The van der Waals surface area contributed by atoms with Gasteiger partial charge in [0.25, 0.3) is 0 Å². The zero-order valence-electron chi connectivity index (χ0n) is 15.0. The third kappa shape index (κ3) is 3.81. The number of fused-ring (bicyclic) bond motifs is 2. The van der Waals surface area contributed by atoms with Crippen molar-refractivity contribution in [2.24, 2.45) is 17.8 Å². The van der Waals surface area contributed by atoms with E-state index in [4.69, 9.17) is 20.0 Å². The van der Waals surface area contributed by atoms with Gasteiger partial charge in [-0.1, -0.05) is 24.3 Å². The van der Waals surface area contributed by atoms with Crippen LogP contribution in [0.5, 0.6) is 11.5 Å². The molecule has 0 saturated heterocycles. The first-order valence-electron chi connectivity index (χ1n) is 9.22. The highest BCUT2D eigenvalue weighted by atomic mass is 16.5. The first-order valence-corrected chi connectivity index (χ1v) is 9.22. The van der Waals surface area contributed by atoms with Crippen molar-refractivity contribution in [3.8, 4) is 23.6 Å². The van der Waals surface area contributed by atoms with Gasteiger partial charge in [-0.2, -0.15) is 10.5 Å². The highest BCUT2D eigenvalue weighted by Gasteiger charge is 2.35. The van der Waals surface area contributed by atoms with Gasteiger partial charge >= 0.3 is 0 Å². The molecular formula is C23H20N2O2. The summed E-state index contributed by atoms with van der Waals surface area (Å²) >= 11 is 0. The van der Waals surface area contributed by atoms with Crippen LogP contribution in [0.4, 0.5) is 0 Å². The largest absolute Gasteiger partial charge is 0.493 e. The normalized spacial score (nSPS) is 22.2. The van der Waals surface area contributed by atoms with Crippen molar-refractivity contribution in [3.05, 3.63) is 71.3 Å². The molecule has 4 nitrogen and oxygen atoms in total. The van der Waals surface area contributed by atoms with E-state index < -0.39 is 0 Å². The van der Waals surface area contributed by atoms with Crippen LogP contribution in [0.25, 0.3) is 0 Å². The molecule has 0 amide bonds. The average molecular weight is 356 g/mol. The number of nitrogens with zero attached hydrogens (tertiary/aromatic N) is 2. The average Bonchev–Trinajstić information content (AvgIpc) is 3.34. The van der Waals surface area contributed by atoms with Crippen molar-refractivity contribution >= 4 is 0 Å². The Hall–Kier alpha value is -3.24. The summed E-state index contributed by atoms with van der Waals surface area (Å²) in [6.07, 6.45) is 7.25. The Bertz CT molecular complexity index is 934. The molecule has 27 heavy (non-hydrogen) atoms. The van der Waals surface area contributed by atoms with E-state index in [-0.39, 0.29) is 0 Å². The molecule has 2 aromatic rings. The van der Waals surface area contributed by atoms with Crippen molar-refractivity contribution < 1.29 is 9.47 Å². The van der Waals surface area contributed by atoms with Crippen LogP contribution in [0, 0.1) is 40.4 Å². The lowest BCUT2D eigenvalue weighted by Gasteiger charge is -2.18. The third-order valence-corrected chi connectivity index (χ3v) is 5.44. The molecule has 2 aliphatic carbocycles. The van der Waals surface area contributed by atoms with Gasteiger partial charge in [-0.25, -0.2) is 0 Å². The molecular weight excluding hydrogens is 336 g/mol. The molecule has 3 atom stereocenters. The summed E-state index contributed by atoms with van der Waals surface area (Å²) in [5, 5.41) is 18.0. The molecule has 134 valence electrons. The molecule has 0 aromatic heterocycles. The topological polar surface area (TPSA) is 66.0 Å². The number of rotatable bonds is 6. The number of hydrogen-bond donors (Lipinski definition) is 0. The minimum Gasteiger partial charge on any atom is -0.493 e. The predicted octanol–water partition coefficient (Wildman–Crippen LogP) is 4.60. The van der Waals surface area contributed by atoms with Gasteiger partial charge in [0.05, 0.1) is 17.7 Å². The van der Waals surface area contributed by atoms with Gasteiger partial charge in [-0.15, -0.1) is 0 Å². The molecule has 4 heteroatoms. The van der Waals surface area contributed by atoms with Crippen molar-refractivity contribution in [1.82, 2.24) is 0 Å². The molecule has 0 aliphatic heterocycles. The van der Waals surface area contributed by atoms with Crippen molar-refractivity contribution in [2.75, 3.05) is 6.61 Å². The van der Waals surface area contributed by atoms with E-state index in [1.54, 1.807) is 18.2 Å². The Morgan fingerprint density at radius 2 is 1.63 bits per heavy atom. The molecule has 0 spiro atoms. The van der Waals surface area contributed by atoms with Crippen molar-refractivity contribution in [3.63, 3.8) is 0 Å². The van der Waals surface area contributed by atoms with E-state index >= 15 is 0 Å². The Kier molecular flexibility index (Phi) is 4.81. The molecule has 2 aromatic carbocycles. The van der Waals surface area contributed by atoms with Crippen molar-refractivity contribution in [1.29, 1.82) is 10.5 Å². The number of benzene rings is 2. The Morgan fingerprint density at radius 1 is 0.852 bits per heavy atom. The lowest BCUT2D eigenvalue weighted by Crippen LogP contribution is -2.16. The van der Waals surface area contributed by atoms with Crippen LogP contribution >= 0.6 is 0 Å². The van der Waals surface area contributed by atoms with Crippen LogP contribution < -0.4 is 9.47 Å². The maximum atomic E-state index is 9.08. The minimum absolute atomic E-state index is 0.328. The zero-order valence-corrected chi connectivity index (χ0v) is 15.0. The number of allylic oxidation sites excluding steroid dienone is 2. The molecule has 0 heterocycles. The molecule has 1 fully saturated rings. The van der Waals surface area contributed by atoms with E-state index in [0.717, 1.165) is 23.8 Å².